The largest absolute Gasteiger partial charge is 0.345 e. The van der Waals surface area contributed by atoms with Gasteiger partial charge in [0.25, 0.3) is 5.91 Å². The first-order valence-corrected chi connectivity index (χ1v) is 9.68. The summed E-state index contributed by atoms with van der Waals surface area (Å²) in [4.78, 5) is 17.1. The van der Waals surface area contributed by atoms with Gasteiger partial charge in [0.05, 0.1) is 23.2 Å². The zero-order valence-corrected chi connectivity index (χ0v) is 16.0. The van der Waals surface area contributed by atoms with Crippen molar-refractivity contribution in [2.75, 3.05) is 0 Å². The molecule has 6 heteroatoms. The highest BCUT2D eigenvalue weighted by Gasteiger charge is 2.16. The Balaban J connectivity index is 1.69. The second-order valence-corrected chi connectivity index (χ2v) is 7.16. The molecule has 1 amide bonds. The van der Waals surface area contributed by atoms with E-state index in [0.717, 1.165) is 11.1 Å². The van der Waals surface area contributed by atoms with Crippen molar-refractivity contribution in [1.82, 2.24) is 10.3 Å². The predicted molar refractivity (Wildman–Crippen MR) is 107 cm³/mol. The van der Waals surface area contributed by atoms with E-state index in [1.54, 1.807) is 42.6 Å². The van der Waals surface area contributed by atoms with E-state index in [-0.39, 0.29) is 17.8 Å². The molecule has 0 saturated carbocycles. The van der Waals surface area contributed by atoms with Gasteiger partial charge in [-0.2, -0.15) is 5.26 Å². The van der Waals surface area contributed by atoms with Crippen molar-refractivity contribution in [2.45, 2.75) is 23.7 Å². The molecule has 1 N–H and O–H groups in total. The van der Waals surface area contributed by atoms with E-state index in [2.05, 4.69) is 16.4 Å². The van der Waals surface area contributed by atoms with Crippen LogP contribution in [0.3, 0.4) is 0 Å². The first-order chi connectivity index (χ1) is 13.6. The minimum atomic E-state index is -0.275. The molecule has 0 saturated heterocycles. The molecule has 28 heavy (non-hydrogen) atoms. The second-order valence-electron chi connectivity index (χ2n) is 6.20. The molecule has 0 radical (unpaired) electrons. The van der Waals surface area contributed by atoms with Gasteiger partial charge in [-0.3, -0.25) is 4.79 Å². The van der Waals surface area contributed by atoms with Gasteiger partial charge in [-0.15, -0.1) is 11.8 Å². The lowest BCUT2D eigenvalue weighted by atomic mass is 10.1. The highest BCUT2D eigenvalue weighted by molar-refractivity contribution is 7.98. The quantitative estimate of drug-likeness (QED) is 0.609. The molecule has 1 aromatic heterocycles. The van der Waals surface area contributed by atoms with Gasteiger partial charge in [-0.05, 0) is 54.4 Å². The van der Waals surface area contributed by atoms with Crippen molar-refractivity contribution in [3.05, 3.63) is 94.9 Å². The Morgan fingerprint density at radius 3 is 2.57 bits per heavy atom. The Bertz CT molecular complexity index is 998. The number of halogens is 1. The smallest absolute Gasteiger partial charge is 0.254 e. The maximum absolute atomic E-state index is 13.0. The minimum Gasteiger partial charge on any atom is -0.345 e. The summed E-state index contributed by atoms with van der Waals surface area (Å²) in [5.74, 6) is 0.0953. The summed E-state index contributed by atoms with van der Waals surface area (Å²) in [6.07, 6.45) is 1.65. The molecular weight excluding hydrogens is 373 g/mol. The minimum absolute atomic E-state index is 0.213. The van der Waals surface area contributed by atoms with Crippen molar-refractivity contribution in [3.8, 4) is 6.07 Å². The zero-order chi connectivity index (χ0) is 19.9. The van der Waals surface area contributed by atoms with Gasteiger partial charge in [0.15, 0.2) is 0 Å². The monoisotopic (exact) mass is 391 g/mol. The predicted octanol–water partition coefficient (Wildman–Crippen LogP) is 4.88. The fourth-order valence-electron chi connectivity index (χ4n) is 2.62. The summed E-state index contributed by atoms with van der Waals surface area (Å²) >= 11 is 1.43. The van der Waals surface area contributed by atoms with Gasteiger partial charge in [-0.1, -0.05) is 24.3 Å². The van der Waals surface area contributed by atoms with Crippen LogP contribution in [0.5, 0.6) is 0 Å². The summed E-state index contributed by atoms with van der Waals surface area (Å²) in [5, 5.41) is 12.5. The van der Waals surface area contributed by atoms with Crippen LogP contribution in [-0.2, 0) is 5.75 Å². The lowest BCUT2D eigenvalue weighted by molar-refractivity contribution is 0.0936. The van der Waals surface area contributed by atoms with E-state index in [0.29, 0.717) is 21.9 Å². The van der Waals surface area contributed by atoms with Gasteiger partial charge in [0.2, 0.25) is 0 Å². The Morgan fingerprint density at radius 1 is 1.18 bits per heavy atom. The van der Waals surface area contributed by atoms with Crippen LogP contribution in [0.15, 0.2) is 71.9 Å². The van der Waals surface area contributed by atoms with Crippen molar-refractivity contribution >= 4 is 17.7 Å². The number of nitriles is 1. The van der Waals surface area contributed by atoms with E-state index >= 15 is 0 Å². The number of nitrogens with one attached hydrogen (secondary N) is 1. The molecule has 0 aliphatic carbocycles. The summed E-state index contributed by atoms with van der Waals surface area (Å²) in [6, 6.07) is 18.7. The third kappa shape index (κ3) is 4.96. The number of benzene rings is 2. The summed E-state index contributed by atoms with van der Waals surface area (Å²) in [7, 11) is 0. The van der Waals surface area contributed by atoms with Crippen LogP contribution in [0.4, 0.5) is 4.39 Å². The van der Waals surface area contributed by atoms with Crippen LogP contribution in [0.2, 0.25) is 0 Å². The van der Waals surface area contributed by atoms with E-state index in [4.69, 9.17) is 5.26 Å². The van der Waals surface area contributed by atoms with Crippen LogP contribution in [0.1, 0.15) is 40.0 Å². The summed E-state index contributed by atoms with van der Waals surface area (Å²) < 4.78 is 13.0. The number of carbonyl (C=O) groups is 1. The lowest BCUT2D eigenvalue weighted by Gasteiger charge is -2.15. The normalized spacial score (nSPS) is 11.5. The number of aromatic nitrogens is 1. The molecule has 4 nitrogen and oxygen atoms in total. The van der Waals surface area contributed by atoms with Gasteiger partial charge in [0, 0.05) is 11.9 Å². The van der Waals surface area contributed by atoms with Crippen LogP contribution in [-0.4, -0.2) is 10.9 Å². The van der Waals surface area contributed by atoms with Crippen LogP contribution < -0.4 is 5.32 Å². The molecular formula is C22H18FN3OS. The molecule has 140 valence electrons. The molecule has 0 aliphatic rings. The molecule has 3 rings (SSSR count). The zero-order valence-electron chi connectivity index (χ0n) is 15.2. The fourth-order valence-corrected chi connectivity index (χ4v) is 3.56. The second kappa shape index (κ2) is 9.16. The average molecular weight is 391 g/mol. The standard InChI is InChI=1S/C22H18FN3OS/c1-15(18-8-4-16(13-24)5-9-18)26-21(27)20-3-2-12-25-22(20)28-14-17-6-10-19(23)11-7-17/h2-12,15H,14H2,1H3,(H,26,27)/t15-/m1/s1. The van der Waals surface area contributed by atoms with E-state index in [9.17, 15) is 9.18 Å². The number of amides is 1. The summed E-state index contributed by atoms with van der Waals surface area (Å²) in [6.45, 7) is 1.89. The van der Waals surface area contributed by atoms with Gasteiger partial charge in [-0.25, -0.2) is 9.37 Å². The maximum Gasteiger partial charge on any atom is 0.254 e. The first kappa shape index (κ1) is 19.6. The lowest BCUT2D eigenvalue weighted by Crippen LogP contribution is -2.27. The number of thioether (sulfide) groups is 1. The Kier molecular flexibility index (Phi) is 6.41. The van der Waals surface area contributed by atoms with E-state index in [1.807, 2.05) is 19.1 Å². The number of hydrogen-bond acceptors (Lipinski definition) is 4. The van der Waals surface area contributed by atoms with Gasteiger partial charge in [0.1, 0.15) is 10.8 Å². The van der Waals surface area contributed by atoms with Gasteiger partial charge < -0.3 is 5.32 Å². The molecule has 2 aromatic carbocycles. The fraction of sp³-hybridized carbons (Fsp3) is 0.136. The van der Waals surface area contributed by atoms with Crippen molar-refractivity contribution in [3.63, 3.8) is 0 Å². The molecule has 0 fully saturated rings. The topological polar surface area (TPSA) is 65.8 Å². The average Bonchev–Trinajstić information content (AvgIpc) is 2.73. The van der Waals surface area contributed by atoms with E-state index < -0.39 is 0 Å². The number of carbonyl (C=O) groups excluding carboxylic acids is 1. The molecule has 3 aromatic rings. The van der Waals surface area contributed by atoms with Crippen molar-refractivity contribution in [1.29, 1.82) is 5.26 Å². The maximum atomic E-state index is 13.0. The number of nitrogens with zero attached hydrogens (tertiary/aromatic N) is 2. The Morgan fingerprint density at radius 2 is 1.89 bits per heavy atom. The van der Waals surface area contributed by atoms with Crippen molar-refractivity contribution in [2.24, 2.45) is 0 Å². The highest BCUT2D eigenvalue weighted by atomic mass is 32.2. The Hall–Kier alpha value is -3.17. The van der Waals surface area contributed by atoms with Crippen LogP contribution in [0.25, 0.3) is 0 Å². The third-order valence-electron chi connectivity index (χ3n) is 4.19. The number of pyridine rings is 1. The molecule has 1 atom stereocenters. The number of hydrogen-bond donors (Lipinski definition) is 1. The van der Waals surface area contributed by atoms with E-state index in [1.165, 1.54) is 23.9 Å². The highest BCUT2D eigenvalue weighted by Crippen LogP contribution is 2.25. The molecule has 0 spiro atoms. The number of rotatable bonds is 6. The third-order valence-corrected chi connectivity index (χ3v) is 5.27. The van der Waals surface area contributed by atoms with Crippen molar-refractivity contribution < 1.29 is 9.18 Å². The molecule has 0 unspecified atom stereocenters. The summed E-state index contributed by atoms with van der Waals surface area (Å²) in [5.41, 5.74) is 2.94. The van der Waals surface area contributed by atoms with Crippen LogP contribution >= 0.6 is 11.8 Å². The SMILES string of the molecule is C[C@@H](NC(=O)c1cccnc1SCc1ccc(F)cc1)c1ccc(C#N)cc1. The Labute approximate surface area is 167 Å². The molecule has 1 heterocycles. The van der Waals surface area contributed by atoms with Gasteiger partial charge >= 0.3 is 0 Å². The first-order valence-electron chi connectivity index (χ1n) is 8.70. The molecule has 0 aliphatic heterocycles. The molecule has 0 bridgehead atoms. The van der Waals surface area contributed by atoms with Crippen LogP contribution in [0, 0.1) is 17.1 Å².